The van der Waals surface area contributed by atoms with Crippen molar-refractivity contribution in [1.82, 2.24) is 9.88 Å². The van der Waals surface area contributed by atoms with E-state index in [1.54, 1.807) is 6.92 Å². The first-order valence-electron chi connectivity index (χ1n) is 7.97. The molecule has 1 atom stereocenters. The Labute approximate surface area is 138 Å². The highest BCUT2D eigenvalue weighted by atomic mass is 19.4. The number of aliphatic hydroxyl groups excluding tert-OH is 1. The number of aliphatic hydroxyl groups is 1. The molecule has 1 fully saturated rings. The zero-order valence-electron chi connectivity index (χ0n) is 13.5. The summed E-state index contributed by atoms with van der Waals surface area (Å²) in [4.78, 5) is 17.9. The van der Waals surface area contributed by atoms with Crippen molar-refractivity contribution in [1.29, 1.82) is 0 Å². The third-order valence-electron chi connectivity index (χ3n) is 4.06. The number of hydrogen-bond acceptors (Lipinski definition) is 4. The van der Waals surface area contributed by atoms with Gasteiger partial charge in [-0.2, -0.15) is 13.2 Å². The molecule has 24 heavy (non-hydrogen) atoms. The predicted octanol–water partition coefficient (Wildman–Crippen LogP) is 2.52. The van der Waals surface area contributed by atoms with E-state index in [0.717, 1.165) is 44.3 Å². The fourth-order valence-corrected chi connectivity index (χ4v) is 2.88. The molecule has 2 heterocycles. The van der Waals surface area contributed by atoms with Gasteiger partial charge in [0.2, 0.25) is 5.91 Å². The number of carbonyl (C=O) groups is 1. The molecule has 1 amide bonds. The minimum absolute atomic E-state index is 0.0821. The van der Waals surface area contributed by atoms with Gasteiger partial charge < -0.3 is 15.3 Å². The van der Waals surface area contributed by atoms with Gasteiger partial charge in [0.1, 0.15) is 5.82 Å². The number of anilines is 1. The molecule has 0 bridgehead atoms. The second-order valence-corrected chi connectivity index (χ2v) is 6.27. The Morgan fingerprint density at radius 2 is 2.12 bits per heavy atom. The number of β-amino-alcohol motifs (C(OH)–C–C–N with tert-alkyl or cyclic N) is 1. The Kier molecular flexibility index (Phi) is 6.17. The van der Waals surface area contributed by atoms with Gasteiger partial charge in [0.15, 0.2) is 0 Å². The molecule has 8 heteroatoms. The first-order chi connectivity index (χ1) is 11.2. The number of pyridine rings is 1. The van der Waals surface area contributed by atoms with Gasteiger partial charge in [-0.15, -0.1) is 0 Å². The number of hydrogen-bond donors (Lipinski definition) is 2. The van der Waals surface area contributed by atoms with Crippen molar-refractivity contribution >= 4 is 11.7 Å². The Morgan fingerprint density at radius 3 is 2.71 bits per heavy atom. The molecule has 1 aromatic heterocycles. The zero-order valence-corrected chi connectivity index (χ0v) is 13.5. The fraction of sp³-hybridized carbons (Fsp3) is 0.625. The van der Waals surface area contributed by atoms with Crippen molar-refractivity contribution < 1.29 is 23.1 Å². The zero-order chi connectivity index (χ0) is 17.7. The summed E-state index contributed by atoms with van der Waals surface area (Å²) in [6.45, 7) is 3.98. The van der Waals surface area contributed by atoms with Crippen LogP contribution in [0.25, 0.3) is 0 Å². The average Bonchev–Trinajstić information content (AvgIpc) is 2.48. The van der Waals surface area contributed by atoms with Crippen LogP contribution in [0.5, 0.6) is 0 Å². The largest absolute Gasteiger partial charge is 0.416 e. The second kappa shape index (κ2) is 7.94. The molecular formula is C16H22F3N3O2. The van der Waals surface area contributed by atoms with Crippen molar-refractivity contribution in [3.05, 3.63) is 23.9 Å². The van der Waals surface area contributed by atoms with Crippen LogP contribution in [-0.2, 0) is 11.0 Å². The quantitative estimate of drug-likeness (QED) is 0.861. The third kappa shape index (κ3) is 5.76. The summed E-state index contributed by atoms with van der Waals surface area (Å²) < 4.78 is 37.9. The summed E-state index contributed by atoms with van der Waals surface area (Å²) in [7, 11) is 0. The number of nitrogens with one attached hydrogen (secondary N) is 1. The third-order valence-corrected chi connectivity index (χ3v) is 4.06. The molecule has 1 saturated heterocycles. The molecule has 0 radical (unpaired) electrons. The molecule has 0 aromatic carbocycles. The number of aromatic nitrogens is 1. The SMILES string of the molecule is CC(O)CN1CCC(CC(=O)Nc2cc(C(F)(F)F)ccn2)CC1. The van der Waals surface area contributed by atoms with Gasteiger partial charge in [-0.1, -0.05) is 0 Å². The molecule has 0 aliphatic carbocycles. The van der Waals surface area contributed by atoms with Crippen LogP contribution < -0.4 is 5.32 Å². The Balaban J connectivity index is 1.82. The van der Waals surface area contributed by atoms with Crippen molar-refractivity contribution in [3.63, 3.8) is 0 Å². The first kappa shape index (κ1) is 18.7. The molecule has 1 aliphatic heterocycles. The lowest BCUT2D eigenvalue weighted by Gasteiger charge is -2.32. The molecule has 5 nitrogen and oxygen atoms in total. The normalized spacial score (nSPS) is 18.4. The van der Waals surface area contributed by atoms with Gasteiger partial charge >= 0.3 is 6.18 Å². The topological polar surface area (TPSA) is 65.5 Å². The van der Waals surface area contributed by atoms with Gasteiger partial charge in [0.25, 0.3) is 0 Å². The number of amides is 1. The number of halogens is 3. The van der Waals surface area contributed by atoms with E-state index in [2.05, 4.69) is 15.2 Å². The van der Waals surface area contributed by atoms with E-state index < -0.39 is 11.7 Å². The van der Waals surface area contributed by atoms with E-state index in [-0.39, 0.29) is 30.2 Å². The molecule has 2 N–H and O–H groups in total. The van der Waals surface area contributed by atoms with Gasteiger partial charge in [0.05, 0.1) is 11.7 Å². The van der Waals surface area contributed by atoms with Crippen molar-refractivity contribution in [2.45, 2.75) is 38.5 Å². The highest BCUT2D eigenvalue weighted by Gasteiger charge is 2.31. The minimum atomic E-state index is -4.46. The Morgan fingerprint density at radius 1 is 1.46 bits per heavy atom. The summed E-state index contributed by atoms with van der Waals surface area (Å²) in [5.74, 6) is -0.210. The smallest absolute Gasteiger partial charge is 0.392 e. The summed E-state index contributed by atoms with van der Waals surface area (Å²) in [5.41, 5.74) is -0.834. The minimum Gasteiger partial charge on any atom is -0.392 e. The van der Waals surface area contributed by atoms with Crippen LogP contribution in [0, 0.1) is 5.92 Å². The molecule has 1 aliphatic rings. The van der Waals surface area contributed by atoms with Crippen LogP contribution in [0.4, 0.5) is 19.0 Å². The maximum atomic E-state index is 12.6. The van der Waals surface area contributed by atoms with Crippen LogP contribution in [0.3, 0.4) is 0 Å². The number of nitrogens with zero attached hydrogens (tertiary/aromatic N) is 2. The van der Waals surface area contributed by atoms with E-state index in [9.17, 15) is 23.1 Å². The van der Waals surface area contributed by atoms with E-state index in [4.69, 9.17) is 0 Å². The highest BCUT2D eigenvalue weighted by molar-refractivity contribution is 5.89. The number of piperidine rings is 1. The average molecular weight is 345 g/mol. The van der Waals surface area contributed by atoms with Gasteiger partial charge in [-0.05, 0) is 50.9 Å². The van der Waals surface area contributed by atoms with Gasteiger partial charge in [0, 0.05) is 19.2 Å². The summed E-state index contributed by atoms with van der Waals surface area (Å²) in [6, 6.07) is 1.71. The summed E-state index contributed by atoms with van der Waals surface area (Å²) in [6.07, 6.45) is -1.88. The number of carbonyl (C=O) groups excluding carboxylic acids is 1. The van der Waals surface area contributed by atoms with Crippen LogP contribution in [-0.4, -0.2) is 46.6 Å². The number of rotatable bonds is 5. The molecule has 134 valence electrons. The molecule has 0 spiro atoms. The second-order valence-electron chi connectivity index (χ2n) is 6.27. The van der Waals surface area contributed by atoms with Gasteiger partial charge in [-0.3, -0.25) is 4.79 Å². The van der Waals surface area contributed by atoms with E-state index in [1.165, 1.54) is 0 Å². The molecule has 2 rings (SSSR count). The first-order valence-corrected chi connectivity index (χ1v) is 7.97. The predicted molar refractivity (Wildman–Crippen MR) is 83.3 cm³/mol. The lowest BCUT2D eigenvalue weighted by Crippen LogP contribution is -2.38. The highest BCUT2D eigenvalue weighted by Crippen LogP contribution is 2.30. The molecular weight excluding hydrogens is 323 g/mol. The monoisotopic (exact) mass is 345 g/mol. The maximum absolute atomic E-state index is 12.6. The molecule has 0 saturated carbocycles. The summed E-state index contributed by atoms with van der Waals surface area (Å²) in [5, 5.41) is 11.8. The van der Waals surface area contributed by atoms with Gasteiger partial charge in [-0.25, -0.2) is 4.98 Å². The van der Waals surface area contributed by atoms with Crippen LogP contribution in [0.2, 0.25) is 0 Å². The van der Waals surface area contributed by atoms with E-state index in [0.29, 0.717) is 6.54 Å². The van der Waals surface area contributed by atoms with Crippen LogP contribution in [0.15, 0.2) is 18.3 Å². The standard InChI is InChI=1S/C16H22F3N3O2/c1-11(23)10-22-6-3-12(4-7-22)8-15(24)21-14-9-13(2-5-20-14)16(17,18)19/h2,5,9,11-12,23H,3-4,6-8,10H2,1H3,(H,20,21,24). The van der Waals surface area contributed by atoms with Crippen LogP contribution in [0.1, 0.15) is 31.7 Å². The fourth-order valence-electron chi connectivity index (χ4n) is 2.88. The number of alkyl halides is 3. The van der Waals surface area contributed by atoms with Crippen molar-refractivity contribution in [2.24, 2.45) is 5.92 Å². The summed E-state index contributed by atoms with van der Waals surface area (Å²) >= 11 is 0. The van der Waals surface area contributed by atoms with E-state index in [1.807, 2.05) is 0 Å². The lowest BCUT2D eigenvalue weighted by molar-refractivity contribution is -0.137. The number of likely N-dealkylation sites (tertiary alicyclic amines) is 1. The Hall–Kier alpha value is -1.67. The Bertz CT molecular complexity index is 556. The van der Waals surface area contributed by atoms with Crippen molar-refractivity contribution in [3.8, 4) is 0 Å². The maximum Gasteiger partial charge on any atom is 0.416 e. The van der Waals surface area contributed by atoms with Crippen LogP contribution >= 0.6 is 0 Å². The van der Waals surface area contributed by atoms with E-state index >= 15 is 0 Å². The molecule has 1 aromatic rings. The molecule has 1 unspecified atom stereocenters. The van der Waals surface area contributed by atoms with Crippen molar-refractivity contribution in [2.75, 3.05) is 25.0 Å². The lowest BCUT2D eigenvalue weighted by atomic mass is 9.93.